The molecule has 84 valence electrons. The summed E-state index contributed by atoms with van der Waals surface area (Å²) in [6.45, 7) is 0.882. The number of carboxylic acids is 2. The number of carboxylic acid groups (broad SMARTS) is 2. The van der Waals surface area contributed by atoms with Crippen molar-refractivity contribution in [2.75, 3.05) is 0 Å². The highest BCUT2D eigenvalue weighted by atomic mass is 16.4. The zero-order chi connectivity index (χ0) is 12.3. The molecule has 5 heteroatoms. The Hall–Kier alpha value is -2.17. The predicted octanol–water partition coefficient (Wildman–Crippen LogP) is 1.04. The van der Waals surface area contributed by atoms with Crippen molar-refractivity contribution in [1.29, 1.82) is 0 Å². The van der Waals surface area contributed by atoms with Gasteiger partial charge in [0.05, 0.1) is 0 Å². The van der Waals surface area contributed by atoms with E-state index >= 15 is 0 Å². The second-order valence-electron chi connectivity index (χ2n) is 3.43. The van der Waals surface area contributed by atoms with Gasteiger partial charge in [-0.1, -0.05) is 30.3 Å². The molecule has 0 saturated heterocycles. The smallest absolute Gasteiger partial charge is 0.328 e. The standard InChI is InChI=1S/C11H10O5/c1-11(9(13)14,10(15)16)8(12)7-5-3-2-4-6-7/h2-6H,1H3,(H,13,14)(H,15,16). The first-order valence-corrected chi connectivity index (χ1v) is 4.47. The average Bonchev–Trinajstić information content (AvgIpc) is 2.27. The van der Waals surface area contributed by atoms with Crippen molar-refractivity contribution in [2.45, 2.75) is 6.92 Å². The first-order chi connectivity index (χ1) is 7.40. The van der Waals surface area contributed by atoms with Crippen molar-refractivity contribution in [2.24, 2.45) is 5.41 Å². The Morgan fingerprint density at radius 3 is 1.81 bits per heavy atom. The van der Waals surface area contributed by atoms with Gasteiger partial charge in [0, 0.05) is 5.56 Å². The number of ketones is 1. The van der Waals surface area contributed by atoms with Gasteiger partial charge in [0.25, 0.3) is 0 Å². The van der Waals surface area contributed by atoms with E-state index in [0.717, 1.165) is 6.92 Å². The average molecular weight is 222 g/mol. The summed E-state index contributed by atoms with van der Waals surface area (Å²) in [7, 11) is 0. The van der Waals surface area contributed by atoms with Crippen molar-refractivity contribution in [3.63, 3.8) is 0 Å². The maximum Gasteiger partial charge on any atom is 0.328 e. The molecule has 0 amide bonds. The molecule has 0 fully saturated rings. The van der Waals surface area contributed by atoms with Crippen LogP contribution in [0.3, 0.4) is 0 Å². The number of rotatable bonds is 4. The number of carbonyl (C=O) groups is 3. The second kappa shape index (κ2) is 4.14. The summed E-state index contributed by atoms with van der Waals surface area (Å²) in [5, 5.41) is 17.7. The van der Waals surface area contributed by atoms with E-state index in [2.05, 4.69) is 0 Å². The molecule has 0 aliphatic rings. The fourth-order valence-corrected chi connectivity index (χ4v) is 1.16. The Bertz CT molecular complexity index is 421. The van der Waals surface area contributed by atoms with Crippen LogP contribution in [0.25, 0.3) is 0 Å². The van der Waals surface area contributed by atoms with E-state index in [-0.39, 0.29) is 5.56 Å². The van der Waals surface area contributed by atoms with Crippen molar-refractivity contribution in [3.8, 4) is 0 Å². The lowest BCUT2D eigenvalue weighted by Crippen LogP contribution is -2.43. The zero-order valence-electron chi connectivity index (χ0n) is 8.51. The van der Waals surface area contributed by atoms with Crippen LogP contribution in [-0.2, 0) is 9.59 Å². The van der Waals surface area contributed by atoms with Gasteiger partial charge in [0.15, 0.2) is 5.78 Å². The monoisotopic (exact) mass is 222 g/mol. The lowest BCUT2D eigenvalue weighted by atomic mass is 9.82. The molecule has 2 N–H and O–H groups in total. The minimum atomic E-state index is -2.44. The number of hydrogen-bond acceptors (Lipinski definition) is 3. The minimum Gasteiger partial charge on any atom is -0.480 e. The number of Topliss-reactive ketones (excluding diaryl/α,β-unsaturated/α-hetero) is 1. The highest BCUT2D eigenvalue weighted by molar-refractivity contribution is 6.24. The molecule has 0 heterocycles. The molecule has 1 aromatic carbocycles. The molecule has 0 aliphatic heterocycles. The third-order valence-electron chi connectivity index (χ3n) is 2.35. The Balaban J connectivity index is 3.22. The predicted molar refractivity (Wildman–Crippen MR) is 54.2 cm³/mol. The van der Waals surface area contributed by atoms with Crippen LogP contribution in [0, 0.1) is 5.41 Å². The number of carbonyl (C=O) groups excluding carboxylic acids is 1. The molecular formula is C11H10O5. The van der Waals surface area contributed by atoms with Crippen LogP contribution >= 0.6 is 0 Å². The molecule has 16 heavy (non-hydrogen) atoms. The van der Waals surface area contributed by atoms with E-state index in [1.807, 2.05) is 0 Å². The molecular weight excluding hydrogens is 212 g/mol. The van der Waals surface area contributed by atoms with E-state index in [0.29, 0.717) is 0 Å². The first-order valence-electron chi connectivity index (χ1n) is 4.47. The summed E-state index contributed by atoms with van der Waals surface area (Å²) in [5.41, 5.74) is -2.38. The van der Waals surface area contributed by atoms with E-state index in [1.54, 1.807) is 6.07 Å². The van der Waals surface area contributed by atoms with Gasteiger partial charge >= 0.3 is 11.9 Å². The van der Waals surface area contributed by atoms with Crippen molar-refractivity contribution >= 4 is 17.7 Å². The van der Waals surface area contributed by atoms with Gasteiger partial charge in [-0.15, -0.1) is 0 Å². The summed E-state index contributed by atoms with van der Waals surface area (Å²) >= 11 is 0. The lowest BCUT2D eigenvalue weighted by molar-refractivity contribution is -0.159. The zero-order valence-corrected chi connectivity index (χ0v) is 8.51. The summed E-state index contributed by atoms with van der Waals surface area (Å²) in [4.78, 5) is 33.5. The largest absolute Gasteiger partial charge is 0.480 e. The van der Waals surface area contributed by atoms with Gasteiger partial charge in [0.2, 0.25) is 5.41 Å². The SMILES string of the molecule is CC(C(=O)O)(C(=O)O)C(=O)c1ccccc1. The van der Waals surface area contributed by atoms with Crippen LogP contribution < -0.4 is 0 Å². The second-order valence-corrected chi connectivity index (χ2v) is 3.43. The van der Waals surface area contributed by atoms with Gasteiger partial charge in [-0.25, -0.2) is 0 Å². The molecule has 0 atom stereocenters. The molecule has 0 spiro atoms. The van der Waals surface area contributed by atoms with Crippen LogP contribution in [0.15, 0.2) is 30.3 Å². The van der Waals surface area contributed by atoms with Crippen LogP contribution in [-0.4, -0.2) is 27.9 Å². The molecule has 1 rings (SSSR count). The fourth-order valence-electron chi connectivity index (χ4n) is 1.16. The van der Waals surface area contributed by atoms with E-state index in [9.17, 15) is 14.4 Å². The molecule has 0 bridgehead atoms. The Morgan fingerprint density at radius 1 is 1.00 bits per heavy atom. The highest BCUT2D eigenvalue weighted by Crippen LogP contribution is 2.23. The maximum absolute atomic E-state index is 11.8. The summed E-state index contributed by atoms with van der Waals surface area (Å²) in [6.07, 6.45) is 0. The van der Waals surface area contributed by atoms with Crippen LogP contribution in [0.2, 0.25) is 0 Å². The Kier molecular flexibility index (Phi) is 3.08. The van der Waals surface area contributed by atoms with E-state index in [1.165, 1.54) is 24.3 Å². The first kappa shape index (κ1) is 11.9. The van der Waals surface area contributed by atoms with Gasteiger partial charge < -0.3 is 10.2 Å². The van der Waals surface area contributed by atoms with Gasteiger partial charge in [-0.2, -0.15) is 0 Å². The topological polar surface area (TPSA) is 91.7 Å². The molecule has 1 aromatic rings. The molecule has 0 aliphatic carbocycles. The Labute approximate surface area is 91.3 Å². The van der Waals surface area contributed by atoms with Gasteiger partial charge in [0.1, 0.15) is 0 Å². The van der Waals surface area contributed by atoms with Crippen LogP contribution in [0.4, 0.5) is 0 Å². The van der Waals surface area contributed by atoms with Crippen LogP contribution in [0.1, 0.15) is 17.3 Å². The lowest BCUT2D eigenvalue weighted by Gasteiger charge is -2.17. The maximum atomic E-state index is 11.8. The summed E-state index contributed by atoms with van der Waals surface area (Å²) in [5.74, 6) is -4.28. The number of benzene rings is 1. The third-order valence-corrected chi connectivity index (χ3v) is 2.35. The molecule has 0 saturated carbocycles. The minimum absolute atomic E-state index is 0.0646. The Morgan fingerprint density at radius 2 is 1.44 bits per heavy atom. The molecule has 0 unspecified atom stereocenters. The molecule has 0 aromatic heterocycles. The van der Waals surface area contributed by atoms with Crippen molar-refractivity contribution in [3.05, 3.63) is 35.9 Å². The molecule has 0 radical (unpaired) electrons. The number of aliphatic carboxylic acids is 2. The van der Waals surface area contributed by atoms with Crippen molar-refractivity contribution < 1.29 is 24.6 Å². The quantitative estimate of drug-likeness (QED) is 0.586. The highest BCUT2D eigenvalue weighted by Gasteiger charge is 2.49. The van der Waals surface area contributed by atoms with E-state index in [4.69, 9.17) is 10.2 Å². The van der Waals surface area contributed by atoms with E-state index < -0.39 is 23.1 Å². The summed E-state index contributed by atoms with van der Waals surface area (Å²) < 4.78 is 0. The molecule has 5 nitrogen and oxygen atoms in total. The van der Waals surface area contributed by atoms with Gasteiger partial charge in [-0.05, 0) is 6.92 Å². The van der Waals surface area contributed by atoms with Crippen molar-refractivity contribution in [1.82, 2.24) is 0 Å². The third kappa shape index (κ3) is 1.79. The number of hydrogen-bond donors (Lipinski definition) is 2. The fraction of sp³-hybridized carbons (Fsp3) is 0.182. The van der Waals surface area contributed by atoms with Crippen LogP contribution in [0.5, 0.6) is 0 Å². The van der Waals surface area contributed by atoms with Gasteiger partial charge in [-0.3, -0.25) is 14.4 Å². The summed E-state index contributed by atoms with van der Waals surface area (Å²) in [6, 6.07) is 7.49. The normalized spacial score (nSPS) is 10.8.